The van der Waals surface area contributed by atoms with Gasteiger partial charge >= 0.3 is 0 Å². The molecule has 0 aromatic carbocycles. The topological polar surface area (TPSA) is 40.5 Å². The number of aliphatic hydroxyl groups is 2. The highest BCUT2D eigenvalue weighted by molar-refractivity contribution is 4.85. The standard InChI is InChI=1S/C10H20O2/c1-8(2)10(12)7-5-4-6-9(3)11/h4-5,8-12H,6-7H2,1-3H3/b5-4-/t9-,10-/m1/s1. The fraction of sp³-hybridized carbons (Fsp3) is 0.800. The molecule has 0 aliphatic rings. The van der Waals surface area contributed by atoms with Crippen molar-refractivity contribution in [1.29, 1.82) is 0 Å². The van der Waals surface area contributed by atoms with Gasteiger partial charge in [-0.2, -0.15) is 0 Å². The van der Waals surface area contributed by atoms with Crippen LogP contribution in [-0.2, 0) is 0 Å². The van der Waals surface area contributed by atoms with E-state index in [1.807, 2.05) is 26.0 Å². The largest absolute Gasteiger partial charge is 0.393 e. The minimum Gasteiger partial charge on any atom is -0.393 e. The van der Waals surface area contributed by atoms with Gasteiger partial charge in [0.25, 0.3) is 0 Å². The molecule has 12 heavy (non-hydrogen) atoms. The lowest BCUT2D eigenvalue weighted by Crippen LogP contribution is -2.12. The lowest BCUT2D eigenvalue weighted by molar-refractivity contribution is 0.128. The molecule has 0 aliphatic heterocycles. The fourth-order valence-corrected chi connectivity index (χ4v) is 0.801. The number of hydrogen-bond acceptors (Lipinski definition) is 2. The van der Waals surface area contributed by atoms with Gasteiger partial charge in [-0.15, -0.1) is 0 Å². The number of rotatable bonds is 5. The molecule has 2 atom stereocenters. The Hall–Kier alpha value is -0.340. The Morgan fingerprint density at radius 1 is 1.00 bits per heavy atom. The molecular weight excluding hydrogens is 152 g/mol. The zero-order chi connectivity index (χ0) is 9.56. The molecule has 0 aromatic heterocycles. The lowest BCUT2D eigenvalue weighted by Gasteiger charge is -2.11. The Morgan fingerprint density at radius 2 is 1.50 bits per heavy atom. The quantitative estimate of drug-likeness (QED) is 0.620. The van der Waals surface area contributed by atoms with Gasteiger partial charge in [0.05, 0.1) is 12.2 Å². The van der Waals surface area contributed by atoms with Crippen LogP contribution >= 0.6 is 0 Å². The van der Waals surface area contributed by atoms with Crippen LogP contribution in [0.1, 0.15) is 33.6 Å². The second-order valence-electron chi connectivity index (χ2n) is 3.60. The zero-order valence-corrected chi connectivity index (χ0v) is 8.20. The number of hydrogen-bond donors (Lipinski definition) is 2. The third-order valence-electron chi connectivity index (χ3n) is 1.79. The van der Waals surface area contributed by atoms with Gasteiger partial charge in [-0.3, -0.25) is 0 Å². The predicted molar refractivity (Wildman–Crippen MR) is 50.9 cm³/mol. The maximum atomic E-state index is 9.38. The van der Waals surface area contributed by atoms with Gasteiger partial charge in [-0.25, -0.2) is 0 Å². The Labute approximate surface area is 74.9 Å². The van der Waals surface area contributed by atoms with Gasteiger partial charge in [0, 0.05) is 0 Å². The molecule has 0 heterocycles. The van der Waals surface area contributed by atoms with E-state index in [4.69, 9.17) is 5.11 Å². The molecule has 2 heteroatoms. The average Bonchev–Trinajstić information content (AvgIpc) is 1.97. The van der Waals surface area contributed by atoms with Crippen molar-refractivity contribution in [3.63, 3.8) is 0 Å². The van der Waals surface area contributed by atoms with E-state index in [2.05, 4.69) is 0 Å². The Kier molecular flexibility index (Phi) is 6.03. The Morgan fingerprint density at radius 3 is 1.92 bits per heavy atom. The van der Waals surface area contributed by atoms with Gasteiger partial charge < -0.3 is 10.2 Å². The summed E-state index contributed by atoms with van der Waals surface area (Å²) < 4.78 is 0. The van der Waals surface area contributed by atoms with Crippen molar-refractivity contribution in [3.05, 3.63) is 12.2 Å². The zero-order valence-electron chi connectivity index (χ0n) is 8.20. The predicted octanol–water partition coefficient (Wildman–Crippen LogP) is 1.72. The molecule has 0 saturated heterocycles. The van der Waals surface area contributed by atoms with Crippen LogP contribution in [0.2, 0.25) is 0 Å². The molecule has 2 N–H and O–H groups in total. The third kappa shape index (κ3) is 6.38. The first-order valence-electron chi connectivity index (χ1n) is 4.55. The molecule has 0 fully saturated rings. The summed E-state index contributed by atoms with van der Waals surface area (Å²) in [6.45, 7) is 5.74. The van der Waals surface area contributed by atoms with E-state index in [-0.39, 0.29) is 12.2 Å². The molecular formula is C10H20O2. The van der Waals surface area contributed by atoms with Gasteiger partial charge in [0.2, 0.25) is 0 Å². The molecule has 0 saturated carbocycles. The molecule has 2 nitrogen and oxygen atoms in total. The Bertz CT molecular complexity index is 128. The molecule has 0 aromatic rings. The summed E-state index contributed by atoms with van der Waals surface area (Å²) in [5, 5.41) is 18.3. The van der Waals surface area contributed by atoms with Crippen LogP contribution in [0.25, 0.3) is 0 Å². The molecule has 0 aliphatic carbocycles. The molecule has 0 amide bonds. The van der Waals surface area contributed by atoms with Crippen LogP contribution in [0.5, 0.6) is 0 Å². The molecule has 0 radical (unpaired) electrons. The monoisotopic (exact) mass is 172 g/mol. The second kappa shape index (κ2) is 6.21. The maximum absolute atomic E-state index is 9.38. The molecule has 0 bridgehead atoms. The average molecular weight is 172 g/mol. The first kappa shape index (κ1) is 11.7. The molecule has 0 spiro atoms. The first-order valence-corrected chi connectivity index (χ1v) is 4.55. The lowest BCUT2D eigenvalue weighted by atomic mass is 10.0. The summed E-state index contributed by atoms with van der Waals surface area (Å²) in [6.07, 6.45) is 4.66. The third-order valence-corrected chi connectivity index (χ3v) is 1.79. The Balaban J connectivity index is 3.46. The minimum absolute atomic E-state index is 0.254. The van der Waals surface area contributed by atoms with E-state index in [0.717, 1.165) is 0 Å². The van der Waals surface area contributed by atoms with Crippen molar-refractivity contribution < 1.29 is 10.2 Å². The van der Waals surface area contributed by atoms with Crippen LogP contribution < -0.4 is 0 Å². The second-order valence-corrected chi connectivity index (χ2v) is 3.60. The SMILES string of the molecule is CC(C)[C@H](O)C/C=C\C[C@@H](C)O. The van der Waals surface area contributed by atoms with Crippen LogP contribution in [-0.4, -0.2) is 22.4 Å². The van der Waals surface area contributed by atoms with Crippen molar-refractivity contribution in [2.45, 2.75) is 45.8 Å². The van der Waals surface area contributed by atoms with Crippen molar-refractivity contribution in [2.75, 3.05) is 0 Å². The summed E-state index contributed by atoms with van der Waals surface area (Å²) in [5.41, 5.74) is 0. The van der Waals surface area contributed by atoms with E-state index >= 15 is 0 Å². The van der Waals surface area contributed by atoms with E-state index in [1.165, 1.54) is 0 Å². The number of aliphatic hydroxyl groups excluding tert-OH is 2. The van der Waals surface area contributed by atoms with E-state index in [1.54, 1.807) is 6.92 Å². The van der Waals surface area contributed by atoms with Crippen LogP contribution in [0, 0.1) is 5.92 Å². The smallest absolute Gasteiger partial charge is 0.0597 e. The van der Waals surface area contributed by atoms with Crippen LogP contribution in [0.3, 0.4) is 0 Å². The molecule has 0 rings (SSSR count). The van der Waals surface area contributed by atoms with Crippen molar-refractivity contribution in [1.82, 2.24) is 0 Å². The van der Waals surface area contributed by atoms with Crippen molar-refractivity contribution in [3.8, 4) is 0 Å². The molecule has 0 unspecified atom stereocenters. The van der Waals surface area contributed by atoms with Gasteiger partial charge in [-0.1, -0.05) is 26.0 Å². The maximum Gasteiger partial charge on any atom is 0.0597 e. The highest BCUT2D eigenvalue weighted by Crippen LogP contribution is 2.06. The van der Waals surface area contributed by atoms with Crippen molar-refractivity contribution in [2.24, 2.45) is 5.92 Å². The molecule has 72 valence electrons. The van der Waals surface area contributed by atoms with Gasteiger partial charge in [0.15, 0.2) is 0 Å². The summed E-state index contributed by atoms with van der Waals surface area (Å²) in [4.78, 5) is 0. The van der Waals surface area contributed by atoms with Crippen LogP contribution in [0.4, 0.5) is 0 Å². The summed E-state index contributed by atoms with van der Waals surface area (Å²) in [6, 6.07) is 0. The van der Waals surface area contributed by atoms with E-state index in [9.17, 15) is 5.11 Å². The first-order chi connectivity index (χ1) is 5.54. The minimum atomic E-state index is -0.280. The van der Waals surface area contributed by atoms with Gasteiger partial charge in [-0.05, 0) is 25.7 Å². The highest BCUT2D eigenvalue weighted by Gasteiger charge is 2.05. The van der Waals surface area contributed by atoms with Crippen molar-refractivity contribution >= 4 is 0 Å². The van der Waals surface area contributed by atoms with E-state index in [0.29, 0.717) is 18.8 Å². The van der Waals surface area contributed by atoms with E-state index < -0.39 is 0 Å². The van der Waals surface area contributed by atoms with Crippen LogP contribution in [0.15, 0.2) is 12.2 Å². The summed E-state index contributed by atoms with van der Waals surface area (Å²) in [7, 11) is 0. The highest BCUT2D eigenvalue weighted by atomic mass is 16.3. The summed E-state index contributed by atoms with van der Waals surface area (Å²) in [5.74, 6) is 0.307. The fourth-order valence-electron chi connectivity index (χ4n) is 0.801. The summed E-state index contributed by atoms with van der Waals surface area (Å²) >= 11 is 0. The van der Waals surface area contributed by atoms with Gasteiger partial charge in [0.1, 0.15) is 0 Å². The normalized spacial score (nSPS) is 17.2.